The van der Waals surface area contributed by atoms with Gasteiger partial charge in [0.1, 0.15) is 5.82 Å². The summed E-state index contributed by atoms with van der Waals surface area (Å²) in [6, 6.07) is 0. The highest BCUT2D eigenvalue weighted by molar-refractivity contribution is 6.17. The molecule has 2 rings (SSSR count). The normalized spacial score (nSPS) is 18.7. The van der Waals surface area contributed by atoms with Crippen molar-refractivity contribution in [1.29, 1.82) is 0 Å². The third-order valence-corrected chi connectivity index (χ3v) is 4.04. The fourth-order valence-electron chi connectivity index (χ4n) is 2.83. The monoisotopic (exact) mass is 268 g/mol. The van der Waals surface area contributed by atoms with E-state index in [9.17, 15) is 4.79 Å². The molecule has 0 bridgehead atoms. The Morgan fingerprint density at radius 2 is 2.22 bits per heavy atom. The minimum absolute atomic E-state index is 0.149. The number of aryl methyl sites for hydroxylation is 1. The number of hydrogen-bond acceptors (Lipinski definition) is 2. The molecular formula is C14H21ClN2O. The summed E-state index contributed by atoms with van der Waals surface area (Å²) < 4.78 is 1.89. The van der Waals surface area contributed by atoms with Gasteiger partial charge in [-0.05, 0) is 32.1 Å². The van der Waals surface area contributed by atoms with Crippen LogP contribution in [0.4, 0.5) is 0 Å². The van der Waals surface area contributed by atoms with E-state index in [0.717, 1.165) is 49.3 Å². The number of halogens is 1. The summed E-state index contributed by atoms with van der Waals surface area (Å²) in [7, 11) is 0. The van der Waals surface area contributed by atoms with Crippen LogP contribution in [0.5, 0.6) is 0 Å². The van der Waals surface area contributed by atoms with E-state index in [0.29, 0.717) is 18.2 Å². The minimum Gasteiger partial charge on any atom is -0.296 e. The fraction of sp³-hybridized carbons (Fsp3) is 0.714. The molecule has 1 aliphatic rings. The lowest BCUT2D eigenvalue weighted by molar-refractivity contribution is 0.412. The standard InChI is InChI=1S/C14H21ClN2O/c1-3-10-6-5-9-17-13(10)16-12(4-2)11(7-8-15)14(17)18/h10H,3-9H2,1-2H3. The maximum atomic E-state index is 12.5. The zero-order valence-electron chi connectivity index (χ0n) is 11.2. The average Bonchev–Trinajstić information content (AvgIpc) is 2.41. The highest BCUT2D eigenvalue weighted by Gasteiger charge is 2.24. The molecule has 0 saturated carbocycles. The number of hydrogen-bond donors (Lipinski definition) is 0. The van der Waals surface area contributed by atoms with Crippen molar-refractivity contribution in [2.45, 2.75) is 58.4 Å². The van der Waals surface area contributed by atoms with Crippen LogP contribution in [-0.4, -0.2) is 15.4 Å². The molecule has 0 fully saturated rings. The molecule has 0 saturated heterocycles. The molecule has 18 heavy (non-hydrogen) atoms. The van der Waals surface area contributed by atoms with Gasteiger partial charge in [0.15, 0.2) is 0 Å². The molecule has 1 aromatic rings. The lowest BCUT2D eigenvalue weighted by Gasteiger charge is -2.26. The van der Waals surface area contributed by atoms with E-state index in [-0.39, 0.29) is 5.56 Å². The number of nitrogens with zero attached hydrogens (tertiary/aromatic N) is 2. The molecule has 0 aliphatic carbocycles. The molecule has 0 radical (unpaired) electrons. The van der Waals surface area contributed by atoms with Gasteiger partial charge in [0.25, 0.3) is 5.56 Å². The van der Waals surface area contributed by atoms with Crippen LogP contribution in [0.15, 0.2) is 4.79 Å². The third kappa shape index (κ3) is 2.33. The predicted octanol–water partition coefficient (Wildman–Crippen LogP) is 2.87. The highest BCUT2D eigenvalue weighted by atomic mass is 35.5. The second-order valence-electron chi connectivity index (χ2n) is 4.89. The topological polar surface area (TPSA) is 34.9 Å². The average molecular weight is 269 g/mol. The van der Waals surface area contributed by atoms with Gasteiger partial charge >= 0.3 is 0 Å². The van der Waals surface area contributed by atoms with Gasteiger partial charge in [-0.3, -0.25) is 9.36 Å². The van der Waals surface area contributed by atoms with Crippen LogP contribution in [0.2, 0.25) is 0 Å². The minimum atomic E-state index is 0.149. The van der Waals surface area contributed by atoms with Gasteiger partial charge < -0.3 is 0 Å². The Bertz CT molecular complexity index is 481. The van der Waals surface area contributed by atoms with Crippen molar-refractivity contribution < 1.29 is 0 Å². The molecule has 3 nitrogen and oxygen atoms in total. The van der Waals surface area contributed by atoms with Crippen LogP contribution >= 0.6 is 11.6 Å². The zero-order valence-corrected chi connectivity index (χ0v) is 12.0. The summed E-state index contributed by atoms with van der Waals surface area (Å²) in [5, 5.41) is 0. The number of alkyl halides is 1. The lowest BCUT2D eigenvalue weighted by Crippen LogP contribution is -2.34. The van der Waals surface area contributed by atoms with E-state index in [1.165, 1.54) is 0 Å². The molecule has 0 amide bonds. The smallest absolute Gasteiger partial charge is 0.256 e. The van der Waals surface area contributed by atoms with Gasteiger partial charge in [0.2, 0.25) is 0 Å². The molecule has 0 spiro atoms. The summed E-state index contributed by atoms with van der Waals surface area (Å²) in [4.78, 5) is 17.3. The largest absolute Gasteiger partial charge is 0.296 e. The second kappa shape index (κ2) is 5.87. The number of aromatic nitrogens is 2. The van der Waals surface area contributed by atoms with Crippen molar-refractivity contribution in [3.05, 3.63) is 27.4 Å². The van der Waals surface area contributed by atoms with Crippen LogP contribution in [0.1, 0.15) is 56.1 Å². The number of fused-ring (bicyclic) bond motifs is 1. The van der Waals surface area contributed by atoms with Gasteiger partial charge in [-0.25, -0.2) is 4.98 Å². The van der Waals surface area contributed by atoms with E-state index in [4.69, 9.17) is 16.6 Å². The van der Waals surface area contributed by atoms with Crippen molar-refractivity contribution in [1.82, 2.24) is 9.55 Å². The first-order chi connectivity index (χ1) is 8.72. The molecule has 0 N–H and O–H groups in total. The molecule has 1 aliphatic heterocycles. The van der Waals surface area contributed by atoms with E-state index < -0.39 is 0 Å². The van der Waals surface area contributed by atoms with E-state index in [1.54, 1.807) is 0 Å². The van der Waals surface area contributed by atoms with Gasteiger partial charge in [0, 0.05) is 23.9 Å². The SMILES string of the molecule is CCc1nc2n(c(=O)c1CCCl)CCCC2CC. The van der Waals surface area contributed by atoms with Gasteiger partial charge in [-0.1, -0.05) is 13.8 Å². The van der Waals surface area contributed by atoms with Crippen LogP contribution in [0, 0.1) is 0 Å². The summed E-state index contributed by atoms with van der Waals surface area (Å²) in [6.45, 7) is 5.04. The first-order valence-corrected chi connectivity index (χ1v) is 7.44. The van der Waals surface area contributed by atoms with Crippen LogP contribution in [0.25, 0.3) is 0 Å². The van der Waals surface area contributed by atoms with Gasteiger partial charge in [0.05, 0.1) is 5.69 Å². The summed E-state index contributed by atoms with van der Waals surface area (Å²) in [5.74, 6) is 1.94. The Labute approximate surface area is 113 Å². The number of rotatable bonds is 4. The lowest BCUT2D eigenvalue weighted by atomic mass is 9.95. The Balaban J connectivity index is 2.58. The maximum Gasteiger partial charge on any atom is 0.256 e. The summed E-state index contributed by atoms with van der Waals surface area (Å²) >= 11 is 5.80. The summed E-state index contributed by atoms with van der Waals surface area (Å²) in [5.41, 5.74) is 1.93. The van der Waals surface area contributed by atoms with Crippen molar-refractivity contribution >= 4 is 11.6 Å². The zero-order chi connectivity index (χ0) is 13.1. The van der Waals surface area contributed by atoms with Crippen LogP contribution in [-0.2, 0) is 19.4 Å². The highest BCUT2D eigenvalue weighted by Crippen LogP contribution is 2.27. The van der Waals surface area contributed by atoms with Crippen LogP contribution < -0.4 is 5.56 Å². The molecular weight excluding hydrogens is 248 g/mol. The van der Waals surface area contributed by atoms with Gasteiger partial charge in [-0.15, -0.1) is 11.6 Å². The second-order valence-corrected chi connectivity index (χ2v) is 5.27. The molecule has 1 atom stereocenters. The van der Waals surface area contributed by atoms with Crippen molar-refractivity contribution in [2.75, 3.05) is 5.88 Å². The van der Waals surface area contributed by atoms with E-state index >= 15 is 0 Å². The van der Waals surface area contributed by atoms with E-state index in [2.05, 4.69) is 13.8 Å². The first kappa shape index (κ1) is 13.6. The Morgan fingerprint density at radius 1 is 1.44 bits per heavy atom. The Kier molecular flexibility index (Phi) is 4.44. The maximum absolute atomic E-state index is 12.5. The molecule has 2 heterocycles. The van der Waals surface area contributed by atoms with Crippen molar-refractivity contribution in [2.24, 2.45) is 0 Å². The molecule has 100 valence electrons. The molecule has 1 unspecified atom stereocenters. The fourth-order valence-corrected chi connectivity index (χ4v) is 3.02. The molecule has 0 aromatic carbocycles. The Hall–Kier alpha value is -0.830. The quantitative estimate of drug-likeness (QED) is 0.787. The van der Waals surface area contributed by atoms with Crippen molar-refractivity contribution in [3.63, 3.8) is 0 Å². The van der Waals surface area contributed by atoms with Gasteiger partial charge in [-0.2, -0.15) is 0 Å². The summed E-state index contributed by atoms with van der Waals surface area (Å²) in [6.07, 6.45) is 4.74. The van der Waals surface area contributed by atoms with Crippen molar-refractivity contribution in [3.8, 4) is 0 Å². The molecule has 1 aromatic heterocycles. The Morgan fingerprint density at radius 3 is 2.83 bits per heavy atom. The first-order valence-electron chi connectivity index (χ1n) is 6.91. The third-order valence-electron chi connectivity index (χ3n) is 3.85. The molecule has 4 heteroatoms. The van der Waals surface area contributed by atoms with E-state index in [1.807, 2.05) is 4.57 Å². The van der Waals surface area contributed by atoms with Crippen LogP contribution in [0.3, 0.4) is 0 Å². The predicted molar refractivity (Wildman–Crippen MR) is 74.6 cm³/mol.